The Labute approximate surface area is 524 Å². The molecule has 0 radical (unpaired) electrons. The molecule has 17 rings (SSSR count). The van der Waals surface area contributed by atoms with Gasteiger partial charge < -0.3 is 0 Å². The van der Waals surface area contributed by atoms with Crippen LogP contribution in [0.3, 0.4) is 0 Å². The summed E-state index contributed by atoms with van der Waals surface area (Å²) < 4.78 is 314. The Morgan fingerprint density at radius 3 is 1.64 bits per heavy atom. The molecule has 0 saturated carbocycles. The standard InChI is InChI=1S/C75H48GeN6O/c1-4-24-50(25-5-1)76(51-26-6-2-7-27-51,53-43-45-68-62(48-53)57-33-12-16-37-63(57)80(68)54-29-8-3-9-30-54)52-28-22-23-49(47-52)73-77-74(61-36-14-20-41-67(61)81-64-38-17-10-31-55(64)56-32-11-18-39-65(56)81)79-75(78-73)82-66-40-19-13-35-60(66)71-69(82)46-44-59-58-34-15-21-42-70(58)83-72(59)71/h1-48H/i3D,8D,9D,10D,11D,12D,13D,14D,16D,17D,18D,19D,20D,22D,23D,28D,29D,30D,31D,32D,33D,35D,36D,37D,38D,39D,40D,41D,43D,45D,47D,48D. The van der Waals surface area contributed by atoms with E-state index in [1.165, 1.54) is 54.6 Å². The molecule has 0 aliphatic carbocycles. The summed E-state index contributed by atoms with van der Waals surface area (Å²) in [6.07, 6.45) is 0. The van der Waals surface area contributed by atoms with E-state index < -0.39 is 305 Å². The van der Waals surface area contributed by atoms with Crippen LogP contribution >= 0.6 is 0 Å². The molecule has 0 atom stereocenters. The molecule has 0 spiro atoms. The van der Waals surface area contributed by atoms with E-state index in [-0.39, 0.29) is 30.7 Å². The number of aromatic nitrogens is 6. The molecule has 0 unspecified atom stereocenters. The van der Waals surface area contributed by atoms with Crippen LogP contribution in [0.25, 0.3) is 127 Å². The molecule has 5 aromatic heterocycles. The van der Waals surface area contributed by atoms with Crippen molar-refractivity contribution in [1.82, 2.24) is 28.7 Å². The maximum atomic E-state index is 11.1. The van der Waals surface area contributed by atoms with Crippen molar-refractivity contribution in [3.05, 3.63) is 290 Å². The van der Waals surface area contributed by atoms with Crippen molar-refractivity contribution < 1.29 is 48.3 Å². The molecule has 8 heteroatoms. The number of hydrogen-bond acceptors (Lipinski definition) is 4. The van der Waals surface area contributed by atoms with Crippen molar-refractivity contribution in [2.75, 3.05) is 0 Å². The Morgan fingerprint density at radius 2 is 0.916 bits per heavy atom. The number of para-hydroxylation sites is 7. The summed E-state index contributed by atoms with van der Waals surface area (Å²) in [5, 5.41) is -1.33. The zero-order valence-corrected chi connectivity index (χ0v) is 44.4. The van der Waals surface area contributed by atoms with Crippen LogP contribution in [0, 0.1) is 0 Å². The summed E-state index contributed by atoms with van der Waals surface area (Å²) >= 11 is -6.33. The van der Waals surface area contributed by atoms with Gasteiger partial charge in [0.1, 0.15) is 0 Å². The molecule has 0 saturated heterocycles. The van der Waals surface area contributed by atoms with Crippen molar-refractivity contribution in [2.45, 2.75) is 0 Å². The topological polar surface area (TPSA) is 66.6 Å². The zero-order valence-electron chi connectivity index (χ0n) is 74.3. The molecule has 0 amide bonds. The first-order valence-electron chi connectivity index (χ1n) is 41.6. The maximum absolute atomic E-state index is 11.1. The van der Waals surface area contributed by atoms with Gasteiger partial charge in [-0.2, -0.15) is 0 Å². The average Bonchev–Trinajstić information content (AvgIpc) is 1.56. The Morgan fingerprint density at radius 1 is 0.349 bits per heavy atom. The number of benzene rings is 12. The number of rotatable bonds is 9. The quantitative estimate of drug-likeness (QED) is 0.135. The van der Waals surface area contributed by atoms with Gasteiger partial charge in [0, 0.05) is 0 Å². The molecule has 17 aromatic rings. The molecular weight excluding hydrogens is 1070 g/mol. The molecule has 0 bridgehead atoms. The predicted octanol–water partition coefficient (Wildman–Crippen LogP) is 15.8. The Hall–Kier alpha value is -10.6. The zero-order chi connectivity index (χ0) is 82.4. The molecular formula is C75H48GeN6O. The van der Waals surface area contributed by atoms with Gasteiger partial charge in [-0.15, -0.1) is 0 Å². The summed E-state index contributed by atoms with van der Waals surface area (Å²) in [5.41, 5.74) is -5.86. The van der Waals surface area contributed by atoms with E-state index >= 15 is 0 Å². The van der Waals surface area contributed by atoms with Gasteiger partial charge in [-0.1, -0.05) is 30.3 Å². The van der Waals surface area contributed by atoms with Crippen LogP contribution in [-0.2, 0) is 0 Å². The van der Waals surface area contributed by atoms with Gasteiger partial charge in [0.2, 0.25) is 0 Å². The molecule has 0 N–H and O–H groups in total. The average molecular weight is 1150 g/mol. The van der Waals surface area contributed by atoms with E-state index in [4.69, 9.17) is 33.1 Å². The Balaban J connectivity index is 1.09. The Bertz CT molecular complexity index is 7250. The first kappa shape index (κ1) is 25.5. The van der Waals surface area contributed by atoms with Crippen molar-refractivity contribution >= 4 is 118 Å². The first-order valence-corrected chi connectivity index (χ1v) is 29.8. The number of furan rings is 1. The predicted molar refractivity (Wildman–Crippen MR) is 345 cm³/mol. The van der Waals surface area contributed by atoms with Gasteiger partial charge in [-0.3, -0.25) is 0 Å². The minimum atomic E-state index is -6.33. The third kappa shape index (κ3) is 7.14. The molecule has 5 heterocycles. The fraction of sp³-hybridized carbons (Fsp3) is 0. The third-order valence-corrected chi connectivity index (χ3v) is 24.0. The summed E-state index contributed by atoms with van der Waals surface area (Å²) in [6, 6.07) is -3.43. The van der Waals surface area contributed by atoms with Crippen LogP contribution < -0.4 is 17.6 Å². The summed E-state index contributed by atoms with van der Waals surface area (Å²) in [4.78, 5) is 14.9. The van der Waals surface area contributed by atoms with E-state index in [1.54, 1.807) is 42.5 Å². The molecule has 0 aliphatic heterocycles. The number of hydrogen-bond donors (Lipinski definition) is 0. The SMILES string of the molecule is [2H]c1c([2H])c([2H])c(-n2c3c([2H])c([2H])c([2H])c([2H])c3c3c([2H])[c]([Ge]([c]4ccccc4)([c]4ccccc4)[c]4c([2H])c([2H])c([2H])c(-c5nc(-c6c([2H])c([2H])c([2H])c([2H])c6-n6c7c([2H])c([2H])c([2H])c([2H])c7c7c([2H])c([2H])c([2H])c([2H])c76)nc(-n6c7ccc8c9ccccc9oc8c7c7c([2H])c([2H])c([2H])c([2H])c76)n5)c4[2H])c([2H])c([2H])c32)c([2H])c1[2H]. The van der Waals surface area contributed by atoms with Crippen LogP contribution in [0.1, 0.15) is 43.9 Å². The molecule has 0 aliphatic rings. The van der Waals surface area contributed by atoms with Crippen LogP contribution in [-0.4, -0.2) is 41.9 Å². The first-order chi connectivity index (χ1) is 54.5. The van der Waals surface area contributed by atoms with Crippen LogP contribution in [0.4, 0.5) is 0 Å². The summed E-state index contributed by atoms with van der Waals surface area (Å²) in [6.45, 7) is 0. The fourth-order valence-corrected chi connectivity index (χ4v) is 20.2. The van der Waals surface area contributed by atoms with Gasteiger partial charge in [0.05, 0.1) is 8.22 Å². The van der Waals surface area contributed by atoms with Gasteiger partial charge in [-0.05, 0) is 6.07 Å². The van der Waals surface area contributed by atoms with Crippen LogP contribution in [0.15, 0.2) is 295 Å². The number of nitrogens with zero attached hydrogens (tertiary/aromatic N) is 6. The van der Waals surface area contributed by atoms with Crippen molar-refractivity contribution in [3.63, 3.8) is 0 Å². The summed E-state index contributed by atoms with van der Waals surface area (Å²) in [7, 11) is 0. The van der Waals surface area contributed by atoms with Crippen molar-refractivity contribution in [1.29, 1.82) is 0 Å². The van der Waals surface area contributed by atoms with Gasteiger partial charge in [0.15, 0.2) is 0 Å². The number of fused-ring (bicyclic) bond motifs is 13. The van der Waals surface area contributed by atoms with E-state index in [9.17, 15) is 30.2 Å². The normalized spacial score (nSPS) is 17.5. The van der Waals surface area contributed by atoms with Crippen molar-refractivity contribution in [2.24, 2.45) is 0 Å². The van der Waals surface area contributed by atoms with E-state index in [0.29, 0.717) is 16.4 Å². The van der Waals surface area contributed by atoms with Crippen molar-refractivity contribution in [3.8, 4) is 40.1 Å². The molecule has 0 fully saturated rings. The Kier molecular flexibility index (Phi) is 5.75. The van der Waals surface area contributed by atoms with Gasteiger partial charge >= 0.3 is 481 Å². The second kappa shape index (κ2) is 18.7. The van der Waals surface area contributed by atoms with Gasteiger partial charge in [-0.25, -0.2) is 0 Å². The second-order valence-corrected chi connectivity index (χ2v) is 26.7. The van der Waals surface area contributed by atoms with E-state index in [2.05, 4.69) is 0 Å². The van der Waals surface area contributed by atoms with Crippen LogP contribution in [0.5, 0.6) is 0 Å². The second-order valence-electron chi connectivity index (χ2n) is 19.0. The molecule has 12 aromatic carbocycles. The van der Waals surface area contributed by atoms with Crippen LogP contribution in [0.2, 0.25) is 0 Å². The third-order valence-electron chi connectivity index (χ3n) is 14.8. The summed E-state index contributed by atoms with van der Waals surface area (Å²) in [5.74, 6) is -2.62. The molecule has 7 nitrogen and oxygen atoms in total. The van der Waals surface area contributed by atoms with E-state index in [0.717, 1.165) is 13.7 Å². The monoisotopic (exact) mass is 1150 g/mol. The molecule has 388 valence electrons. The minimum absolute atomic E-state index is 0.0190. The molecule has 83 heavy (non-hydrogen) atoms. The fourth-order valence-electron chi connectivity index (χ4n) is 11.3. The van der Waals surface area contributed by atoms with Gasteiger partial charge in [0.25, 0.3) is 0 Å². The van der Waals surface area contributed by atoms with E-state index in [1.807, 2.05) is 0 Å².